The predicted octanol–water partition coefficient (Wildman–Crippen LogP) is 4.11. The van der Waals surface area contributed by atoms with E-state index in [4.69, 9.17) is 14.2 Å². The first-order valence-electron chi connectivity index (χ1n) is 9.08. The van der Waals surface area contributed by atoms with E-state index in [1.807, 2.05) is 39.2 Å². The minimum Gasteiger partial charge on any atom is -0.489 e. The Hall–Kier alpha value is -1.89. The molecule has 6 nitrogen and oxygen atoms in total. The van der Waals surface area contributed by atoms with Crippen molar-refractivity contribution in [2.24, 2.45) is 0 Å². The van der Waals surface area contributed by atoms with Crippen molar-refractivity contribution < 1.29 is 23.8 Å². The Bertz CT molecular complexity index is 663. The normalized spacial score (nSPS) is 15.4. The molecule has 1 amide bonds. The van der Waals surface area contributed by atoms with Gasteiger partial charge in [0.25, 0.3) is 0 Å². The fraction of sp³-hybridized carbons (Fsp3) is 0.600. The Labute approximate surface area is 165 Å². The number of ether oxygens (including phenoxy) is 3. The molecule has 0 atom stereocenters. The van der Waals surface area contributed by atoms with Crippen LogP contribution in [0.4, 0.5) is 4.79 Å². The molecule has 0 spiro atoms. The molecule has 7 heteroatoms. The molecule has 0 radical (unpaired) electrons. The van der Waals surface area contributed by atoms with Crippen molar-refractivity contribution in [3.05, 3.63) is 29.3 Å². The molecule has 0 saturated carbocycles. The minimum atomic E-state index is -0.502. The standard InChI is InChI=1S/C20H29NO5S/c1-20(2,3)26-19(23)21-10-8-15(9-11-21)25-17-12-14(13-27-5)6-7-16(17)18(22)24-4/h6-7,12,15H,8-11,13H2,1-5H3. The second kappa shape index (κ2) is 9.35. The Morgan fingerprint density at radius 3 is 2.44 bits per heavy atom. The van der Waals surface area contributed by atoms with Crippen molar-refractivity contribution >= 4 is 23.8 Å². The Morgan fingerprint density at radius 2 is 1.89 bits per heavy atom. The Kier molecular flexibility index (Phi) is 7.41. The topological polar surface area (TPSA) is 65.1 Å². The molecule has 1 aliphatic heterocycles. The van der Waals surface area contributed by atoms with E-state index in [2.05, 4.69) is 0 Å². The number of nitrogens with zero attached hydrogens (tertiary/aromatic N) is 1. The van der Waals surface area contributed by atoms with Crippen LogP contribution < -0.4 is 4.74 Å². The van der Waals surface area contributed by atoms with Gasteiger partial charge in [-0.05, 0) is 44.7 Å². The molecule has 1 saturated heterocycles. The van der Waals surface area contributed by atoms with Crippen molar-refractivity contribution in [1.29, 1.82) is 0 Å². The lowest BCUT2D eigenvalue weighted by atomic mass is 10.1. The van der Waals surface area contributed by atoms with Gasteiger partial charge in [-0.3, -0.25) is 0 Å². The summed E-state index contributed by atoms with van der Waals surface area (Å²) >= 11 is 1.71. The summed E-state index contributed by atoms with van der Waals surface area (Å²) in [5.41, 5.74) is 1.02. The number of rotatable bonds is 5. The number of carbonyl (C=O) groups excluding carboxylic acids is 2. The number of esters is 1. The monoisotopic (exact) mass is 395 g/mol. The largest absolute Gasteiger partial charge is 0.489 e. The van der Waals surface area contributed by atoms with Crippen molar-refractivity contribution in [2.45, 2.75) is 51.1 Å². The first-order chi connectivity index (χ1) is 12.7. The van der Waals surface area contributed by atoms with Gasteiger partial charge in [0, 0.05) is 31.7 Å². The molecular weight excluding hydrogens is 366 g/mol. The zero-order chi connectivity index (χ0) is 20.0. The summed E-state index contributed by atoms with van der Waals surface area (Å²) in [7, 11) is 1.36. The zero-order valence-electron chi connectivity index (χ0n) is 16.7. The van der Waals surface area contributed by atoms with E-state index in [-0.39, 0.29) is 12.2 Å². The summed E-state index contributed by atoms with van der Waals surface area (Å²) in [5, 5.41) is 0. The first-order valence-corrected chi connectivity index (χ1v) is 10.5. The van der Waals surface area contributed by atoms with Gasteiger partial charge in [-0.15, -0.1) is 0 Å². The molecule has 0 unspecified atom stereocenters. The second-order valence-corrected chi connectivity index (χ2v) is 8.41. The third kappa shape index (κ3) is 6.34. The van der Waals surface area contributed by atoms with Crippen molar-refractivity contribution in [2.75, 3.05) is 26.5 Å². The van der Waals surface area contributed by atoms with Gasteiger partial charge < -0.3 is 19.1 Å². The van der Waals surface area contributed by atoms with Gasteiger partial charge in [-0.2, -0.15) is 11.8 Å². The van der Waals surface area contributed by atoms with E-state index in [1.54, 1.807) is 22.7 Å². The fourth-order valence-corrected chi connectivity index (χ4v) is 3.37. The molecule has 27 heavy (non-hydrogen) atoms. The van der Waals surface area contributed by atoms with E-state index < -0.39 is 11.6 Å². The van der Waals surface area contributed by atoms with Crippen molar-refractivity contribution in [3.8, 4) is 5.75 Å². The van der Waals surface area contributed by atoms with E-state index in [9.17, 15) is 9.59 Å². The van der Waals surface area contributed by atoms with E-state index in [0.717, 1.165) is 11.3 Å². The highest BCUT2D eigenvalue weighted by molar-refractivity contribution is 7.97. The van der Waals surface area contributed by atoms with E-state index in [1.165, 1.54) is 7.11 Å². The number of hydrogen-bond acceptors (Lipinski definition) is 6. The molecule has 1 aromatic carbocycles. The van der Waals surface area contributed by atoms with Gasteiger partial charge >= 0.3 is 12.1 Å². The number of amides is 1. The minimum absolute atomic E-state index is 0.0587. The maximum absolute atomic E-state index is 12.2. The molecule has 1 heterocycles. The van der Waals surface area contributed by atoms with Gasteiger partial charge in [-0.25, -0.2) is 9.59 Å². The lowest BCUT2D eigenvalue weighted by Gasteiger charge is -2.33. The SMILES string of the molecule is COC(=O)c1ccc(CSC)cc1OC1CCN(C(=O)OC(C)(C)C)CC1. The highest BCUT2D eigenvalue weighted by Crippen LogP contribution is 2.27. The van der Waals surface area contributed by atoms with Gasteiger partial charge in [-0.1, -0.05) is 6.07 Å². The number of thioether (sulfide) groups is 1. The van der Waals surface area contributed by atoms with E-state index >= 15 is 0 Å². The molecule has 0 bridgehead atoms. The average Bonchev–Trinajstić information content (AvgIpc) is 2.61. The van der Waals surface area contributed by atoms with Crippen LogP contribution in [0.2, 0.25) is 0 Å². The zero-order valence-corrected chi connectivity index (χ0v) is 17.6. The quantitative estimate of drug-likeness (QED) is 0.699. The third-order valence-corrected chi connectivity index (χ3v) is 4.77. The summed E-state index contributed by atoms with van der Waals surface area (Å²) in [6.45, 7) is 6.71. The molecule has 2 rings (SSSR count). The highest BCUT2D eigenvalue weighted by Gasteiger charge is 2.28. The molecule has 0 aliphatic carbocycles. The van der Waals surface area contributed by atoms with Crippen LogP contribution in [0, 0.1) is 0 Å². The molecular formula is C20H29NO5S. The third-order valence-electron chi connectivity index (χ3n) is 4.15. The maximum atomic E-state index is 12.2. The van der Waals surface area contributed by atoms with Gasteiger partial charge in [0.2, 0.25) is 0 Å². The van der Waals surface area contributed by atoms with Crippen LogP contribution in [0.5, 0.6) is 5.75 Å². The molecule has 0 aromatic heterocycles. The van der Waals surface area contributed by atoms with Crippen LogP contribution in [-0.4, -0.2) is 55.1 Å². The molecule has 150 valence electrons. The average molecular weight is 396 g/mol. The van der Waals surface area contributed by atoms with Gasteiger partial charge in [0.05, 0.1) is 7.11 Å². The number of methoxy groups -OCH3 is 1. The molecule has 1 fully saturated rings. The number of piperidine rings is 1. The Morgan fingerprint density at radius 1 is 1.22 bits per heavy atom. The number of likely N-dealkylation sites (tertiary alicyclic amines) is 1. The molecule has 1 aliphatic rings. The summed E-state index contributed by atoms with van der Waals surface area (Å²) in [6, 6.07) is 5.58. The van der Waals surface area contributed by atoms with Crippen LogP contribution in [0.25, 0.3) is 0 Å². The fourth-order valence-electron chi connectivity index (χ4n) is 2.86. The van der Waals surface area contributed by atoms with Crippen LogP contribution in [0.3, 0.4) is 0 Å². The van der Waals surface area contributed by atoms with Crippen LogP contribution in [0.15, 0.2) is 18.2 Å². The first kappa shape index (κ1) is 21.4. The highest BCUT2D eigenvalue weighted by atomic mass is 32.2. The van der Waals surface area contributed by atoms with Gasteiger partial charge in [0.1, 0.15) is 23.0 Å². The summed E-state index contributed by atoms with van der Waals surface area (Å²) in [4.78, 5) is 25.9. The molecule has 1 aromatic rings. The van der Waals surface area contributed by atoms with E-state index in [0.29, 0.717) is 37.2 Å². The number of carbonyl (C=O) groups is 2. The van der Waals surface area contributed by atoms with Crippen LogP contribution in [0.1, 0.15) is 49.5 Å². The number of benzene rings is 1. The lowest BCUT2D eigenvalue weighted by molar-refractivity contribution is 0.0126. The van der Waals surface area contributed by atoms with Crippen LogP contribution >= 0.6 is 11.8 Å². The lowest BCUT2D eigenvalue weighted by Crippen LogP contribution is -2.44. The predicted molar refractivity (Wildman–Crippen MR) is 106 cm³/mol. The Balaban J connectivity index is 2.02. The summed E-state index contributed by atoms with van der Waals surface area (Å²) in [6.07, 6.45) is 3.05. The van der Waals surface area contributed by atoms with Crippen molar-refractivity contribution in [3.63, 3.8) is 0 Å². The van der Waals surface area contributed by atoms with Crippen LogP contribution in [-0.2, 0) is 15.2 Å². The van der Waals surface area contributed by atoms with Crippen molar-refractivity contribution in [1.82, 2.24) is 4.90 Å². The summed E-state index contributed by atoms with van der Waals surface area (Å²) < 4.78 is 16.4. The summed E-state index contributed by atoms with van der Waals surface area (Å²) in [5.74, 6) is 0.977. The second-order valence-electron chi connectivity index (χ2n) is 7.54. The number of hydrogen-bond donors (Lipinski definition) is 0. The smallest absolute Gasteiger partial charge is 0.410 e. The maximum Gasteiger partial charge on any atom is 0.410 e. The molecule has 0 N–H and O–H groups in total. The van der Waals surface area contributed by atoms with Gasteiger partial charge in [0.15, 0.2) is 0 Å².